The van der Waals surface area contributed by atoms with E-state index in [1.165, 1.54) is 11.8 Å². The Kier molecular flexibility index (Phi) is 8.28. The summed E-state index contributed by atoms with van der Waals surface area (Å²) in [5.41, 5.74) is 7.29. The molecule has 1 fully saturated rings. The first-order valence-electron chi connectivity index (χ1n) is 8.60. The van der Waals surface area contributed by atoms with Crippen molar-refractivity contribution in [1.29, 1.82) is 5.41 Å². The molecule has 0 aromatic heterocycles. The van der Waals surface area contributed by atoms with Crippen molar-refractivity contribution in [2.45, 2.75) is 6.54 Å². The molecule has 1 heterocycles. The van der Waals surface area contributed by atoms with Gasteiger partial charge >= 0.3 is 0 Å². The highest BCUT2D eigenvalue weighted by Crippen LogP contribution is 2.11. The smallest absolute Gasteiger partial charge is 0.231 e. The van der Waals surface area contributed by atoms with Gasteiger partial charge in [-0.2, -0.15) is 0 Å². The molecule has 1 aliphatic heterocycles. The fourth-order valence-corrected chi connectivity index (χ4v) is 2.95. The number of piperazine rings is 1. The number of nitrogens with two attached hydrogens (primary N) is 1. The van der Waals surface area contributed by atoms with Crippen molar-refractivity contribution >= 4 is 23.7 Å². The normalized spacial score (nSPS) is 15.0. The van der Waals surface area contributed by atoms with E-state index in [2.05, 4.69) is 34.1 Å². The Bertz CT molecular complexity index is 700. The molecular formula is C20H25ClN4O. The van der Waals surface area contributed by atoms with Gasteiger partial charge in [-0.15, -0.1) is 0 Å². The quantitative estimate of drug-likeness (QED) is 0.792. The molecular weight excluding hydrogens is 348 g/mol. The standard InChI is InChI=1S/C13H19N3O.C7H6ClN/c14-13(17)11-16-8-6-15(7-9-16)10-12-4-2-1-3-5-12;8-7-4-2-1-3-6(7)5-9/h1-5H,6-11H2,(H2,14,17);1-5,9H. The monoisotopic (exact) mass is 372 g/mol. The summed E-state index contributed by atoms with van der Waals surface area (Å²) in [7, 11) is 0. The maximum absolute atomic E-state index is 10.8. The van der Waals surface area contributed by atoms with Crippen LogP contribution < -0.4 is 5.73 Å². The average Bonchev–Trinajstić information content (AvgIpc) is 2.65. The van der Waals surface area contributed by atoms with E-state index in [-0.39, 0.29) is 5.91 Å². The third-order valence-corrected chi connectivity index (χ3v) is 4.50. The van der Waals surface area contributed by atoms with Gasteiger partial charge in [-0.3, -0.25) is 14.6 Å². The average molecular weight is 373 g/mol. The minimum Gasteiger partial charge on any atom is -0.369 e. The number of nitrogens with zero attached hydrogens (tertiary/aromatic N) is 2. The number of amides is 1. The van der Waals surface area contributed by atoms with Crippen LogP contribution in [0.3, 0.4) is 0 Å². The Morgan fingerprint density at radius 2 is 1.58 bits per heavy atom. The Labute approximate surface area is 159 Å². The number of carbonyl (C=O) groups excluding carboxylic acids is 1. The molecule has 5 nitrogen and oxygen atoms in total. The largest absolute Gasteiger partial charge is 0.369 e. The first kappa shape index (κ1) is 20.1. The summed E-state index contributed by atoms with van der Waals surface area (Å²) in [5.74, 6) is -0.235. The molecule has 2 aromatic carbocycles. The zero-order chi connectivity index (χ0) is 18.8. The van der Waals surface area contributed by atoms with E-state index >= 15 is 0 Å². The highest BCUT2D eigenvalue weighted by Gasteiger charge is 2.17. The van der Waals surface area contributed by atoms with Gasteiger partial charge in [0.05, 0.1) is 6.54 Å². The van der Waals surface area contributed by atoms with Crippen molar-refractivity contribution in [2.75, 3.05) is 32.7 Å². The van der Waals surface area contributed by atoms with Crippen LogP contribution in [0.5, 0.6) is 0 Å². The second-order valence-corrected chi connectivity index (χ2v) is 6.58. The van der Waals surface area contributed by atoms with Crippen LogP contribution in [0.1, 0.15) is 11.1 Å². The van der Waals surface area contributed by atoms with Crippen molar-refractivity contribution in [3.8, 4) is 0 Å². The number of benzene rings is 2. The molecule has 3 rings (SSSR count). The lowest BCUT2D eigenvalue weighted by atomic mass is 10.2. The highest BCUT2D eigenvalue weighted by atomic mass is 35.5. The Morgan fingerprint density at radius 1 is 1.00 bits per heavy atom. The SMILES string of the molecule is N=Cc1ccccc1Cl.NC(=O)CN1CCN(Cc2ccccc2)CC1. The molecule has 6 heteroatoms. The van der Waals surface area contributed by atoms with Gasteiger partial charge in [-0.1, -0.05) is 60.1 Å². The van der Waals surface area contributed by atoms with Crippen LogP contribution in [0.25, 0.3) is 0 Å². The number of rotatable bonds is 5. The third-order valence-electron chi connectivity index (χ3n) is 4.15. The molecule has 0 saturated carbocycles. The molecule has 138 valence electrons. The number of hydrogen-bond donors (Lipinski definition) is 2. The van der Waals surface area contributed by atoms with Gasteiger partial charge in [-0.05, 0) is 11.6 Å². The minimum atomic E-state index is -0.235. The summed E-state index contributed by atoms with van der Waals surface area (Å²) in [6, 6.07) is 17.7. The lowest BCUT2D eigenvalue weighted by Gasteiger charge is -2.33. The van der Waals surface area contributed by atoms with Gasteiger partial charge < -0.3 is 11.1 Å². The predicted molar refractivity (Wildman–Crippen MR) is 107 cm³/mol. The number of primary amides is 1. The molecule has 0 unspecified atom stereocenters. The number of nitrogens with one attached hydrogen (secondary N) is 1. The minimum absolute atomic E-state index is 0.235. The lowest BCUT2D eigenvalue weighted by Crippen LogP contribution is -2.48. The van der Waals surface area contributed by atoms with Crippen molar-refractivity contribution in [3.05, 3.63) is 70.7 Å². The lowest BCUT2D eigenvalue weighted by molar-refractivity contribution is -0.119. The molecule has 0 bridgehead atoms. The second-order valence-electron chi connectivity index (χ2n) is 6.17. The van der Waals surface area contributed by atoms with Gasteiger partial charge in [0.1, 0.15) is 0 Å². The van der Waals surface area contributed by atoms with Crippen molar-refractivity contribution in [2.24, 2.45) is 5.73 Å². The molecule has 0 aliphatic carbocycles. The fraction of sp³-hybridized carbons (Fsp3) is 0.300. The zero-order valence-electron chi connectivity index (χ0n) is 14.8. The number of halogens is 1. The zero-order valence-corrected chi connectivity index (χ0v) is 15.5. The topological polar surface area (TPSA) is 73.4 Å². The summed E-state index contributed by atoms with van der Waals surface area (Å²) in [5, 5.41) is 7.51. The molecule has 26 heavy (non-hydrogen) atoms. The first-order chi connectivity index (χ1) is 12.6. The van der Waals surface area contributed by atoms with E-state index in [4.69, 9.17) is 22.7 Å². The van der Waals surface area contributed by atoms with E-state index < -0.39 is 0 Å². The highest BCUT2D eigenvalue weighted by molar-refractivity contribution is 6.32. The second kappa shape index (κ2) is 10.7. The van der Waals surface area contributed by atoms with Crippen LogP contribution in [0.15, 0.2) is 54.6 Å². The molecule has 1 aliphatic rings. The molecule has 0 spiro atoms. The van der Waals surface area contributed by atoms with Gasteiger partial charge in [0, 0.05) is 49.5 Å². The maximum Gasteiger partial charge on any atom is 0.231 e. The molecule has 0 radical (unpaired) electrons. The Morgan fingerprint density at radius 3 is 2.12 bits per heavy atom. The van der Waals surface area contributed by atoms with E-state index in [0.29, 0.717) is 11.6 Å². The summed E-state index contributed by atoms with van der Waals surface area (Å²) >= 11 is 5.67. The van der Waals surface area contributed by atoms with Crippen LogP contribution in [0.4, 0.5) is 0 Å². The maximum atomic E-state index is 10.8. The van der Waals surface area contributed by atoms with Crippen molar-refractivity contribution in [3.63, 3.8) is 0 Å². The molecule has 1 amide bonds. The summed E-state index contributed by atoms with van der Waals surface area (Å²) < 4.78 is 0. The number of hydrogen-bond acceptors (Lipinski definition) is 4. The molecule has 2 aromatic rings. The van der Waals surface area contributed by atoms with Crippen LogP contribution in [-0.2, 0) is 11.3 Å². The number of carbonyl (C=O) groups is 1. The third kappa shape index (κ3) is 6.96. The molecule has 3 N–H and O–H groups in total. The van der Waals surface area contributed by atoms with Crippen molar-refractivity contribution in [1.82, 2.24) is 9.80 Å². The van der Waals surface area contributed by atoms with Crippen LogP contribution in [0, 0.1) is 5.41 Å². The van der Waals surface area contributed by atoms with E-state index in [1.807, 2.05) is 18.2 Å². The molecule has 1 saturated heterocycles. The van der Waals surface area contributed by atoms with Crippen LogP contribution >= 0.6 is 11.6 Å². The van der Waals surface area contributed by atoms with E-state index in [9.17, 15) is 4.79 Å². The molecule has 0 atom stereocenters. The fourth-order valence-electron chi connectivity index (χ4n) is 2.76. The Hall–Kier alpha value is -2.21. The van der Waals surface area contributed by atoms with Gasteiger partial charge in [-0.25, -0.2) is 0 Å². The van der Waals surface area contributed by atoms with Crippen LogP contribution in [-0.4, -0.2) is 54.6 Å². The predicted octanol–water partition coefficient (Wildman–Crippen LogP) is 2.63. The van der Waals surface area contributed by atoms with Gasteiger partial charge in [0.25, 0.3) is 0 Å². The van der Waals surface area contributed by atoms with Crippen LogP contribution in [0.2, 0.25) is 5.02 Å². The van der Waals surface area contributed by atoms with E-state index in [0.717, 1.165) is 38.3 Å². The Balaban J connectivity index is 0.000000228. The summed E-state index contributed by atoms with van der Waals surface area (Å²) in [6.45, 7) is 5.24. The van der Waals surface area contributed by atoms with E-state index in [1.54, 1.807) is 12.1 Å². The van der Waals surface area contributed by atoms with Gasteiger partial charge in [0.15, 0.2) is 0 Å². The van der Waals surface area contributed by atoms with Crippen molar-refractivity contribution < 1.29 is 4.79 Å². The first-order valence-corrected chi connectivity index (χ1v) is 8.98. The summed E-state index contributed by atoms with van der Waals surface area (Å²) in [6.07, 6.45) is 1.24. The summed E-state index contributed by atoms with van der Waals surface area (Å²) in [4.78, 5) is 15.3. The van der Waals surface area contributed by atoms with Gasteiger partial charge in [0.2, 0.25) is 5.91 Å².